The van der Waals surface area contributed by atoms with Crippen LogP contribution in [-0.4, -0.2) is 26.9 Å². The number of nitro groups is 1. The Kier molecular flexibility index (Phi) is 6.76. The van der Waals surface area contributed by atoms with Crippen LogP contribution in [0.25, 0.3) is 6.08 Å². The Morgan fingerprint density at radius 3 is 2.44 bits per heavy atom. The summed E-state index contributed by atoms with van der Waals surface area (Å²) in [6, 6.07) is 18.4. The zero-order valence-electron chi connectivity index (χ0n) is 17.3. The molecule has 0 atom stereocenters. The molecule has 0 N–H and O–H groups in total. The van der Waals surface area contributed by atoms with Crippen LogP contribution in [0.3, 0.4) is 0 Å². The number of hydrogen-bond donors (Lipinski definition) is 0. The van der Waals surface area contributed by atoms with Gasteiger partial charge in [-0.05, 0) is 65.4 Å². The Morgan fingerprint density at radius 1 is 1.06 bits per heavy atom. The lowest BCUT2D eigenvalue weighted by molar-refractivity contribution is -0.384. The number of non-ortho nitro benzene ring substituents is 1. The number of halogens is 1. The van der Waals surface area contributed by atoms with Gasteiger partial charge in [0.1, 0.15) is 5.75 Å². The molecule has 0 spiro atoms. The SMILES string of the molecule is O=C(Oc1cccc(/C=C2\SC(=O)N(Cc3ccc(Cl)cc3)C2=O)c1)c1ccc([N+](=O)[O-])cc1. The van der Waals surface area contributed by atoms with Gasteiger partial charge in [-0.1, -0.05) is 35.9 Å². The number of ether oxygens (including phenoxy) is 1. The molecule has 10 heteroatoms. The number of thioether (sulfide) groups is 1. The standard InChI is InChI=1S/C24H15ClN2O6S/c25-18-8-4-15(5-9-18)14-26-22(28)21(34-24(26)30)13-16-2-1-3-20(12-16)33-23(29)17-6-10-19(11-7-17)27(31)32/h1-13H,14H2/b21-13-. The Bertz CT molecular complexity index is 1320. The second-order valence-electron chi connectivity index (χ2n) is 7.16. The third kappa shape index (κ3) is 5.33. The first kappa shape index (κ1) is 23.2. The monoisotopic (exact) mass is 494 g/mol. The van der Waals surface area contributed by atoms with E-state index in [-0.39, 0.29) is 33.7 Å². The molecule has 170 valence electrons. The Hall–Kier alpha value is -3.95. The van der Waals surface area contributed by atoms with Crippen molar-refractivity contribution in [3.8, 4) is 5.75 Å². The normalized spacial score (nSPS) is 14.5. The van der Waals surface area contributed by atoms with Gasteiger partial charge in [-0.15, -0.1) is 0 Å². The fraction of sp³-hybridized carbons (Fsp3) is 0.0417. The molecular weight excluding hydrogens is 480 g/mol. The number of carbonyl (C=O) groups is 3. The average Bonchev–Trinajstić information content (AvgIpc) is 3.08. The van der Waals surface area contributed by atoms with Gasteiger partial charge in [-0.2, -0.15) is 0 Å². The van der Waals surface area contributed by atoms with Gasteiger partial charge in [0.25, 0.3) is 16.8 Å². The third-order valence-corrected chi connectivity index (χ3v) is 5.97. The molecule has 0 radical (unpaired) electrons. The van der Waals surface area contributed by atoms with Crippen LogP contribution in [0.4, 0.5) is 10.5 Å². The highest BCUT2D eigenvalue weighted by molar-refractivity contribution is 8.18. The van der Waals surface area contributed by atoms with Gasteiger partial charge in [0, 0.05) is 17.2 Å². The summed E-state index contributed by atoms with van der Waals surface area (Å²) in [5.74, 6) is -0.883. The maximum absolute atomic E-state index is 12.8. The number of hydrogen-bond acceptors (Lipinski definition) is 7. The molecule has 8 nitrogen and oxygen atoms in total. The Morgan fingerprint density at radius 2 is 1.76 bits per heavy atom. The molecule has 1 fully saturated rings. The summed E-state index contributed by atoms with van der Waals surface area (Å²) in [5, 5.41) is 10.9. The Labute approximate surface area is 202 Å². The van der Waals surface area contributed by atoms with Crippen LogP contribution in [0, 0.1) is 10.1 Å². The molecule has 1 saturated heterocycles. The number of esters is 1. The predicted octanol–water partition coefficient (Wildman–Crippen LogP) is 5.70. The minimum atomic E-state index is -0.685. The van der Waals surface area contributed by atoms with Crippen molar-refractivity contribution in [3.63, 3.8) is 0 Å². The maximum atomic E-state index is 12.8. The molecule has 0 aliphatic carbocycles. The third-order valence-electron chi connectivity index (χ3n) is 4.81. The fourth-order valence-electron chi connectivity index (χ4n) is 3.11. The van der Waals surface area contributed by atoms with E-state index in [1.807, 2.05) is 0 Å². The first-order valence-corrected chi connectivity index (χ1v) is 11.1. The lowest BCUT2D eigenvalue weighted by Gasteiger charge is -2.12. The number of rotatable bonds is 6. The van der Waals surface area contributed by atoms with Crippen LogP contribution in [0.15, 0.2) is 77.7 Å². The van der Waals surface area contributed by atoms with Crippen molar-refractivity contribution in [1.29, 1.82) is 0 Å². The van der Waals surface area contributed by atoms with E-state index in [0.29, 0.717) is 10.6 Å². The molecule has 1 aliphatic heterocycles. The van der Waals surface area contributed by atoms with E-state index in [9.17, 15) is 24.5 Å². The van der Waals surface area contributed by atoms with Gasteiger partial charge in [-0.25, -0.2) is 4.79 Å². The van der Waals surface area contributed by atoms with E-state index in [4.69, 9.17) is 16.3 Å². The highest BCUT2D eigenvalue weighted by Gasteiger charge is 2.35. The zero-order valence-corrected chi connectivity index (χ0v) is 18.9. The first-order valence-electron chi connectivity index (χ1n) is 9.87. The van der Waals surface area contributed by atoms with Crippen molar-refractivity contribution < 1.29 is 24.0 Å². The lowest BCUT2D eigenvalue weighted by atomic mass is 10.2. The van der Waals surface area contributed by atoms with Gasteiger partial charge in [-0.3, -0.25) is 24.6 Å². The molecule has 1 aliphatic rings. The second kappa shape index (κ2) is 9.90. The molecule has 4 rings (SSSR count). The smallest absolute Gasteiger partial charge is 0.343 e. The van der Waals surface area contributed by atoms with Crippen LogP contribution in [0.1, 0.15) is 21.5 Å². The topological polar surface area (TPSA) is 107 Å². The lowest BCUT2D eigenvalue weighted by Crippen LogP contribution is -2.27. The van der Waals surface area contributed by atoms with Crippen LogP contribution in [0.5, 0.6) is 5.75 Å². The summed E-state index contributed by atoms with van der Waals surface area (Å²) in [4.78, 5) is 49.1. The molecule has 3 aromatic carbocycles. The first-order chi connectivity index (χ1) is 16.3. The second-order valence-corrected chi connectivity index (χ2v) is 8.59. The zero-order chi connectivity index (χ0) is 24.2. The van der Waals surface area contributed by atoms with E-state index in [1.165, 1.54) is 24.3 Å². The van der Waals surface area contributed by atoms with Gasteiger partial charge in [0.2, 0.25) is 0 Å². The summed E-state index contributed by atoms with van der Waals surface area (Å²) in [5.41, 5.74) is 1.35. The highest BCUT2D eigenvalue weighted by Crippen LogP contribution is 2.34. The van der Waals surface area contributed by atoms with Crippen molar-refractivity contribution in [2.24, 2.45) is 0 Å². The molecule has 34 heavy (non-hydrogen) atoms. The number of imide groups is 1. The Balaban J connectivity index is 1.46. The number of carbonyl (C=O) groups excluding carboxylic acids is 3. The molecule has 0 aromatic heterocycles. The maximum Gasteiger partial charge on any atom is 0.343 e. The number of nitro benzene ring substituents is 1. The number of nitrogens with zero attached hydrogens (tertiary/aromatic N) is 2. The van der Waals surface area contributed by atoms with E-state index in [1.54, 1.807) is 54.6 Å². The quantitative estimate of drug-likeness (QED) is 0.142. The summed E-state index contributed by atoms with van der Waals surface area (Å²) >= 11 is 6.71. The van der Waals surface area contributed by atoms with Crippen LogP contribution in [0.2, 0.25) is 5.02 Å². The fourth-order valence-corrected chi connectivity index (χ4v) is 4.08. The highest BCUT2D eigenvalue weighted by atomic mass is 35.5. The van der Waals surface area contributed by atoms with Crippen LogP contribution < -0.4 is 4.74 Å². The molecule has 0 unspecified atom stereocenters. The van der Waals surface area contributed by atoms with Crippen molar-refractivity contribution >= 4 is 52.2 Å². The molecule has 0 saturated carbocycles. The average molecular weight is 495 g/mol. The predicted molar refractivity (Wildman–Crippen MR) is 127 cm³/mol. The summed E-state index contributed by atoms with van der Waals surface area (Å²) in [6.07, 6.45) is 1.55. The minimum Gasteiger partial charge on any atom is -0.423 e. The summed E-state index contributed by atoms with van der Waals surface area (Å²) < 4.78 is 5.35. The van der Waals surface area contributed by atoms with Gasteiger partial charge in [0.15, 0.2) is 0 Å². The molecular formula is C24H15ClN2O6S. The molecule has 0 bridgehead atoms. The number of benzene rings is 3. The van der Waals surface area contributed by atoms with E-state index in [0.717, 1.165) is 22.2 Å². The van der Waals surface area contributed by atoms with Crippen molar-refractivity contribution in [3.05, 3.63) is 110 Å². The van der Waals surface area contributed by atoms with E-state index >= 15 is 0 Å². The van der Waals surface area contributed by atoms with Gasteiger partial charge >= 0.3 is 5.97 Å². The minimum absolute atomic E-state index is 0.131. The van der Waals surface area contributed by atoms with Gasteiger partial charge in [0.05, 0.1) is 21.9 Å². The van der Waals surface area contributed by atoms with E-state index in [2.05, 4.69) is 0 Å². The van der Waals surface area contributed by atoms with Crippen molar-refractivity contribution in [2.45, 2.75) is 6.54 Å². The van der Waals surface area contributed by atoms with Crippen LogP contribution in [-0.2, 0) is 11.3 Å². The van der Waals surface area contributed by atoms with Gasteiger partial charge < -0.3 is 4.74 Å². The molecule has 3 aromatic rings. The summed E-state index contributed by atoms with van der Waals surface area (Å²) in [7, 11) is 0. The largest absolute Gasteiger partial charge is 0.423 e. The number of amides is 2. The van der Waals surface area contributed by atoms with Crippen LogP contribution >= 0.6 is 23.4 Å². The van der Waals surface area contributed by atoms with E-state index < -0.39 is 16.8 Å². The summed E-state index contributed by atoms with van der Waals surface area (Å²) in [6.45, 7) is 0.131. The van der Waals surface area contributed by atoms with Crippen molar-refractivity contribution in [2.75, 3.05) is 0 Å². The molecule has 1 heterocycles. The van der Waals surface area contributed by atoms with Crippen molar-refractivity contribution in [1.82, 2.24) is 4.90 Å². The molecule has 2 amide bonds.